The van der Waals surface area contributed by atoms with Crippen LogP contribution in [0.3, 0.4) is 0 Å². The van der Waals surface area contributed by atoms with Gasteiger partial charge in [-0.15, -0.1) is 0 Å². The lowest BCUT2D eigenvalue weighted by Crippen LogP contribution is -2.39. The van der Waals surface area contributed by atoms with E-state index in [4.69, 9.17) is 0 Å². The first-order valence-electron chi connectivity index (χ1n) is 9.23. The lowest BCUT2D eigenvalue weighted by Gasteiger charge is -2.32. The summed E-state index contributed by atoms with van der Waals surface area (Å²) in [7, 11) is 0. The highest BCUT2D eigenvalue weighted by molar-refractivity contribution is 5.94. The zero-order valence-corrected chi connectivity index (χ0v) is 15.5. The van der Waals surface area contributed by atoms with E-state index in [1.807, 2.05) is 35.4 Å². The number of rotatable bonds is 3. The highest BCUT2D eigenvalue weighted by Crippen LogP contribution is 2.24. The summed E-state index contributed by atoms with van der Waals surface area (Å²) in [6.07, 6.45) is 4.99. The number of hydrogen-bond donors (Lipinski definition) is 0. The number of benzene rings is 1. The first-order chi connectivity index (χ1) is 11.9. The molecular weight excluding hydrogens is 308 g/mol. The van der Waals surface area contributed by atoms with E-state index in [0.717, 1.165) is 43.6 Å². The zero-order chi connectivity index (χ0) is 17.9. The third-order valence-corrected chi connectivity index (χ3v) is 5.12. The van der Waals surface area contributed by atoms with Crippen molar-refractivity contribution in [3.8, 4) is 0 Å². The molecule has 1 saturated heterocycles. The summed E-state index contributed by atoms with van der Waals surface area (Å²) in [4.78, 5) is 19.2. The fourth-order valence-electron chi connectivity index (χ4n) is 3.45. The molecule has 1 aliphatic heterocycles. The van der Waals surface area contributed by atoms with Crippen LogP contribution in [0.25, 0.3) is 0 Å². The van der Waals surface area contributed by atoms with E-state index < -0.39 is 0 Å². The fraction of sp³-hybridized carbons (Fsp3) is 0.455. The van der Waals surface area contributed by atoms with Crippen LogP contribution in [-0.4, -0.2) is 28.9 Å². The second kappa shape index (κ2) is 7.38. The van der Waals surface area contributed by atoms with Gasteiger partial charge in [0.15, 0.2) is 0 Å². The third kappa shape index (κ3) is 4.47. The Morgan fingerprint density at radius 3 is 2.32 bits per heavy atom. The van der Waals surface area contributed by atoms with Crippen LogP contribution in [-0.2, 0) is 11.8 Å². The molecule has 1 aromatic heterocycles. The Labute approximate surface area is 151 Å². The summed E-state index contributed by atoms with van der Waals surface area (Å²) in [6, 6.07) is 14.2. The van der Waals surface area contributed by atoms with Crippen LogP contribution in [0.4, 0.5) is 0 Å². The Kier molecular flexibility index (Phi) is 5.22. The van der Waals surface area contributed by atoms with Gasteiger partial charge in [0.2, 0.25) is 0 Å². The van der Waals surface area contributed by atoms with E-state index in [-0.39, 0.29) is 11.3 Å². The average molecular weight is 336 g/mol. The fourth-order valence-corrected chi connectivity index (χ4v) is 3.45. The minimum absolute atomic E-state index is 0.116. The van der Waals surface area contributed by atoms with Crippen molar-refractivity contribution >= 4 is 5.91 Å². The topological polar surface area (TPSA) is 33.2 Å². The number of piperidine rings is 1. The SMILES string of the molecule is CC(C)(C)c1ccc(C(=O)N2CCC(Cc3ccccn3)CC2)cc1. The second-order valence-corrected chi connectivity index (χ2v) is 8.09. The summed E-state index contributed by atoms with van der Waals surface area (Å²) < 4.78 is 0. The molecule has 0 saturated carbocycles. The van der Waals surface area contributed by atoms with Gasteiger partial charge >= 0.3 is 0 Å². The molecule has 0 aliphatic carbocycles. The summed E-state index contributed by atoms with van der Waals surface area (Å²) in [5, 5.41) is 0. The maximum Gasteiger partial charge on any atom is 0.253 e. The number of hydrogen-bond acceptors (Lipinski definition) is 2. The predicted molar refractivity (Wildman–Crippen MR) is 102 cm³/mol. The first-order valence-corrected chi connectivity index (χ1v) is 9.23. The van der Waals surface area contributed by atoms with Crippen LogP contribution in [0.15, 0.2) is 48.7 Å². The molecule has 0 spiro atoms. The van der Waals surface area contributed by atoms with Crippen molar-refractivity contribution in [3.05, 3.63) is 65.5 Å². The van der Waals surface area contributed by atoms with E-state index in [1.54, 1.807) is 0 Å². The van der Waals surface area contributed by atoms with E-state index >= 15 is 0 Å². The first kappa shape index (κ1) is 17.7. The van der Waals surface area contributed by atoms with E-state index in [1.165, 1.54) is 5.56 Å². The number of carbonyl (C=O) groups is 1. The number of carbonyl (C=O) groups excluding carboxylic acids is 1. The summed E-state index contributed by atoms with van der Waals surface area (Å²) in [5.74, 6) is 0.791. The van der Waals surface area contributed by atoms with Gasteiger partial charge in [-0.3, -0.25) is 9.78 Å². The molecule has 25 heavy (non-hydrogen) atoms. The van der Waals surface area contributed by atoms with Crippen LogP contribution < -0.4 is 0 Å². The van der Waals surface area contributed by atoms with Gasteiger partial charge in [-0.1, -0.05) is 39.0 Å². The van der Waals surface area contributed by atoms with Crippen LogP contribution in [0.1, 0.15) is 55.2 Å². The van der Waals surface area contributed by atoms with Gasteiger partial charge in [-0.2, -0.15) is 0 Å². The number of nitrogens with zero attached hydrogens (tertiary/aromatic N) is 2. The monoisotopic (exact) mass is 336 g/mol. The van der Waals surface area contributed by atoms with Crippen molar-refractivity contribution < 1.29 is 4.79 Å². The standard InChI is InChI=1S/C22H28N2O/c1-22(2,3)19-9-7-18(8-10-19)21(25)24-14-11-17(12-15-24)16-20-6-4-5-13-23-20/h4-10,13,17H,11-12,14-16H2,1-3H3. The summed E-state index contributed by atoms with van der Waals surface area (Å²) in [5.41, 5.74) is 3.34. The Balaban J connectivity index is 1.56. The number of aromatic nitrogens is 1. The van der Waals surface area contributed by atoms with Crippen molar-refractivity contribution in [1.29, 1.82) is 0 Å². The highest BCUT2D eigenvalue weighted by Gasteiger charge is 2.24. The second-order valence-electron chi connectivity index (χ2n) is 8.09. The van der Waals surface area contributed by atoms with Crippen molar-refractivity contribution in [1.82, 2.24) is 9.88 Å². The van der Waals surface area contributed by atoms with Gasteiger partial charge in [0.05, 0.1) is 0 Å². The lowest BCUT2D eigenvalue weighted by molar-refractivity contribution is 0.0690. The molecule has 1 amide bonds. The third-order valence-electron chi connectivity index (χ3n) is 5.12. The number of amides is 1. The Bertz CT molecular complexity index is 693. The molecule has 0 bridgehead atoms. The van der Waals surface area contributed by atoms with E-state index in [9.17, 15) is 4.79 Å². The smallest absolute Gasteiger partial charge is 0.253 e. The molecule has 0 radical (unpaired) electrons. The summed E-state index contributed by atoms with van der Waals surface area (Å²) >= 11 is 0. The molecule has 3 heteroatoms. The molecular formula is C22H28N2O. The largest absolute Gasteiger partial charge is 0.339 e. The van der Waals surface area contributed by atoms with Crippen molar-refractivity contribution in [2.24, 2.45) is 5.92 Å². The van der Waals surface area contributed by atoms with E-state index in [0.29, 0.717) is 5.92 Å². The molecule has 2 heterocycles. The van der Waals surface area contributed by atoms with Crippen LogP contribution in [0.2, 0.25) is 0 Å². The Hall–Kier alpha value is -2.16. The van der Waals surface area contributed by atoms with Gasteiger partial charge < -0.3 is 4.90 Å². The van der Waals surface area contributed by atoms with Crippen molar-refractivity contribution in [3.63, 3.8) is 0 Å². The Morgan fingerprint density at radius 2 is 1.76 bits per heavy atom. The molecule has 3 rings (SSSR count). The molecule has 1 aromatic carbocycles. The minimum Gasteiger partial charge on any atom is -0.339 e. The molecule has 1 fully saturated rings. The average Bonchev–Trinajstić information content (AvgIpc) is 2.62. The molecule has 132 valence electrons. The zero-order valence-electron chi connectivity index (χ0n) is 15.5. The molecule has 0 N–H and O–H groups in total. The van der Waals surface area contributed by atoms with Crippen molar-refractivity contribution in [2.45, 2.75) is 45.4 Å². The number of likely N-dealkylation sites (tertiary alicyclic amines) is 1. The minimum atomic E-state index is 0.116. The van der Waals surface area contributed by atoms with Crippen molar-refractivity contribution in [2.75, 3.05) is 13.1 Å². The normalized spacial score (nSPS) is 16.0. The van der Waals surface area contributed by atoms with Gasteiger partial charge in [-0.05, 0) is 60.4 Å². The molecule has 0 atom stereocenters. The predicted octanol–water partition coefficient (Wildman–Crippen LogP) is 4.47. The number of pyridine rings is 1. The van der Waals surface area contributed by atoms with Gasteiger partial charge in [0.25, 0.3) is 5.91 Å². The molecule has 3 nitrogen and oxygen atoms in total. The van der Waals surface area contributed by atoms with Gasteiger partial charge in [0.1, 0.15) is 0 Å². The van der Waals surface area contributed by atoms with E-state index in [2.05, 4.69) is 44.0 Å². The van der Waals surface area contributed by atoms with Crippen LogP contribution in [0.5, 0.6) is 0 Å². The summed E-state index contributed by atoms with van der Waals surface area (Å²) in [6.45, 7) is 8.26. The maximum atomic E-state index is 12.7. The molecule has 2 aromatic rings. The lowest BCUT2D eigenvalue weighted by atomic mass is 9.86. The molecule has 0 unspecified atom stereocenters. The Morgan fingerprint density at radius 1 is 1.08 bits per heavy atom. The molecule has 1 aliphatic rings. The van der Waals surface area contributed by atoms with Crippen LogP contribution >= 0.6 is 0 Å². The van der Waals surface area contributed by atoms with Crippen LogP contribution in [0, 0.1) is 5.92 Å². The quantitative estimate of drug-likeness (QED) is 0.828. The maximum absolute atomic E-state index is 12.7. The van der Waals surface area contributed by atoms with Gasteiger partial charge in [-0.25, -0.2) is 0 Å². The highest BCUT2D eigenvalue weighted by atomic mass is 16.2. The van der Waals surface area contributed by atoms with Gasteiger partial charge in [0, 0.05) is 30.5 Å².